The summed E-state index contributed by atoms with van der Waals surface area (Å²) in [5.41, 5.74) is 0.548. The van der Waals surface area contributed by atoms with Crippen LogP contribution in [-0.2, 0) is 36.4 Å². The Hall–Kier alpha value is -2.63. The smallest absolute Gasteiger partial charge is 0.308 e. The Morgan fingerprint density at radius 3 is 2.69 bits per heavy atom. The van der Waals surface area contributed by atoms with E-state index in [1.165, 1.54) is 6.20 Å². The van der Waals surface area contributed by atoms with Crippen molar-refractivity contribution in [2.45, 2.75) is 42.8 Å². The molecule has 0 aliphatic heterocycles. The number of carboxylic acid groups (broad SMARTS) is 1. The molecular formula is C21H25N3O6S2. The maximum absolute atomic E-state index is 12.9. The Kier molecular flexibility index (Phi) is 8.89. The second-order valence-corrected chi connectivity index (χ2v) is 9.85. The molecule has 11 heteroatoms. The van der Waals surface area contributed by atoms with Gasteiger partial charge in [-0.15, -0.1) is 11.3 Å². The minimum atomic E-state index is -1.04. The number of aromatic nitrogens is 1. The number of nitrogens with zero attached hydrogens (tertiary/aromatic N) is 2. The van der Waals surface area contributed by atoms with Gasteiger partial charge in [-0.3, -0.25) is 19.1 Å². The molecule has 0 radical (unpaired) electrons. The minimum absolute atomic E-state index is 0.0418. The van der Waals surface area contributed by atoms with Gasteiger partial charge in [0.25, 0.3) is 5.91 Å². The van der Waals surface area contributed by atoms with Gasteiger partial charge in [0.2, 0.25) is 0 Å². The standard InChI is InChI=1S/C21H25N3O6S2/c1-2-29-10-3-11-30-24-19(14-4-6-16(7-5-14)32(28)17-8-9-17)20(27)23-21-22-13-15(31-21)12-18(25)26/h4-7,13,17H,2-3,8-12H2,1H3,(H,25,26)(H,22,23,27)/b24-19+. The minimum Gasteiger partial charge on any atom is -0.481 e. The van der Waals surface area contributed by atoms with Crippen LogP contribution in [0, 0.1) is 0 Å². The molecule has 0 spiro atoms. The number of ether oxygens (including phenoxy) is 1. The lowest BCUT2D eigenvalue weighted by atomic mass is 10.1. The van der Waals surface area contributed by atoms with Gasteiger partial charge in [-0.2, -0.15) is 0 Å². The monoisotopic (exact) mass is 479 g/mol. The largest absolute Gasteiger partial charge is 0.481 e. The number of oxime groups is 1. The lowest BCUT2D eigenvalue weighted by molar-refractivity contribution is -0.136. The van der Waals surface area contributed by atoms with Gasteiger partial charge in [0.1, 0.15) is 6.61 Å². The lowest BCUT2D eigenvalue weighted by Gasteiger charge is -2.08. The molecule has 0 bridgehead atoms. The summed E-state index contributed by atoms with van der Waals surface area (Å²) in [5, 5.41) is 16.0. The van der Waals surface area contributed by atoms with Crippen LogP contribution in [0.15, 0.2) is 40.5 Å². The second-order valence-electron chi connectivity index (χ2n) is 7.00. The van der Waals surface area contributed by atoms with E-state index in [1.54, 1.807) is 24.3 Å². The first-order valence-electron chi connectivity index (χ1n) is 10.2. The molecule has 3 rings (SSSR count). The molecule has 1 unspecified atom stereocenters. The highest BCUT2D eigenvalue weighted by molar-refractivity contribution is 7.86. The number of hydrogen-bond acceptors (Lipinski definition) is 8. The Bertz CT molecular complexity index is 986. The normalized spacial score (nSPS) is 14.7. The maximum atomic E-state index is 12.9. The van der Waals surface area contributed by atoms with Crippen molar-refractivity contribution in [1.82, 2.24) is 4.98 Å². The van der Waals surface area contributed by atoms with Gasteiger partial charge in [-0.1, -0.05) is 17.3 Å². The predicted molar refractivity (Wildman–Crippen MR) is 122 cm³/mol. The number of amides is 1. The zero-order chi connectivity index (χ0) is 22.9. The summed E-state index contributed by atoms with van der Waals surface area (Å²) < 4.78 is 17.6. The van der Waals surface area contributed by atoms with Crippen molar-refractivity contribution >= 4 is 44.9 Å². The first-order chi connectivity index (χ1) is 15.5. The molecule has 1 amide bonds. The maximum Gasteiger partial charge on any atom is 0.308 e. The fourth-order valence-electron chi connectivity index (χ4n) is 2.68. The molecule has 1 fully saturated rings. The number of hydrogen-bond donors (Lipinski definition) is 2. The summed E-state index contributed by atoms with van der Waals surface area (Å²) in [7, 11) is -1.04. The Morgan fingerprint density at radius 1 is 1.28 bits per heavy atom. The fourth-order valence-corrected chi connectivity index (χ4v) is 4.83. The van der Waals surface area contributed by atoms with Crippen LogP contribution in [0.1, 0.15) is 36.6 Å². The molecule has 9 nitrogen and oxygen atoms in total. The molecule has 1 saturated carbocycles. The molecule has 0 saturated heterocycles. The van der Waals surface area contributed by atoms with Crippen molar-refractivity contribution in [2.24, 2.45) is 5.16 Å². The quantitative estimate of drug-likeness (QED) is 0.257. The Morgan fingerprint density at radius 2 is 2.03 bits per heavy atom. The van der Waals surface area contributed by atoms with Crippen molar-refractivity contribution in [1.29, 1.82) is 0 Å². The van der Waals surface area contributed by atoms with E-state index < -0.39 is 22.7 Å². The molecule has 2 N–H and O–H groups in total. The van der Waals surface area contributed by atoms with Gasteiger partial charge in [0.05, 0.1) is 17.2 Å². The van der Waals surface area contributed by atoms with E-state index in [1.807, 2.05) is 6.92 Å². The van der Waals surface area contributed by atoms with Gasteiger partial charge in [0, 0.05) is 46.4 Å². The zero-order valence-electron chi connectivity index (χ0n) is 17.6. The zero-order valence-corrected chi connectivity index (χ0v) is 19.2. The number of benzene rings is 1. The third-order valence-electron chi connectivity index (χ3n) is 4.39. The Labute approximate surface area is 192 Å². The van der Waals surface area contributed by atoms with Crippen LogP contribution in [0.25, 0.3) is 0 Å². The van der Waals surface area contributed by atoms with E-state index in [4.69, 9.17) is 14.7 Å². The number of carbonyl (C=O) groups is 2. The molecule has 32 heavy (non-hydrogen) atoms. The van der Waals surface area contributed by atoms with Crippen LogP contribution < -0.4 is 5.32 Å². The summed E-state index contributed by atoms with van der Waals surface area (Å²) >= 11 is 1.08. The number of nitrogens with one attached hydrogen (secondary N) is 1. The molecule has 1 aromatic heterocycles. The molecule has 1 atom stereocenters. The number of carboxylic acids is 1. The molecule has 1 aromatic carbocycles. The summed E-state index contributed by atoms with van der Waals surface area (Å²) in [6, 6.07) is 6.84. The number of carbonyl (C=O) groups excluding carboxylic acids is 1. The Balaban J connectivity index is 1.72. The van der Waals surface area contributed by atoms with E-state index in [0.717, 1.165) is 24.2 Å². The van der Waals surface area contributed by atoms with Crippen molar-refractivity contribution in [3.8, 4) is 0 Å². The van der Waals surface area contributed by atoms with Gasteiger partial charge in [0.15, 0.2) is 10.8 Å². The summed E-state index contributed by atoms with van der Waals surface area (Å²) in [4.78, 5) is 34.4. The highest BCUT2D eigenvalue weighted by Crippen LogP contribution is 2.30. The molecule has 1 heterocycles. The second kappa shape index (κ2) is 11.8. The van der Waals surface area contributed by atoms with Crippen LogP contribution >= 0.6 is 11.3 Å². The van der Waals surface area contributed by atoms with Crippen LogP contribution in [0.2, 0.25) is 0 Å². The molecule has 172 valence electrons. The van der Waals surface area contributed by atoms with Crippen molar-refractivity contribution in [3.63, 3.8) is 0 Å². The number of rotatable bonds is 13. The van der Waals surface area contributed by atoms with Gasteiger partial charge < -0.3 is 14.7 Å². The summed E-state index contributed by atoms with van der Waals surface area (Å²) in [6.45, 7) is 3.33. The third-order valence-corrected chi connectivity index (χ3v) is 7.11. The van der Waals surface area contributed by atoms with E-state index in [9.17, 15) is 13.8 Å². The first-order valence-corrected chi connectivity index (χ1v) is 12.3. The van der Waals surface area contributed by atoms with Crippen LogP contribution in [0.4, 0.5) is 5.13 Å². The predicted octanol–water partition coefficient (Wildman–Crippen LogP) is 2.83. The highest BCUT2D eigenvalue weighted by atomic mass is 32.2. The van der Waals surface area contributed by atoms with Crippen molar-refractivity contribution < 1.29 is 28.5 Å². The average Bonchev–Trinajstić information content (AvgIpc) is 3.54. The molecular weight excluding hydrogens is 454 g/mol. The first kappa shape index (κ1) is 24.0. The summed E-state index contributed by atoms with van der Waals surface area (Å²) in [6.07, 6.45) is 3.80. The fraction of sp³-hybridized carbons (Fsp3) is 0.429. The highest BCUT2D eigenvalue weighted by Gasteiger charge is 2.29. The van der Waals surface area contributed by atoms with Crippen molar-refractivity contribution in [3.05, 3.63) is 40.9 Å². The van der Waals surface area contributed by atoms with Gasteiger partial charge in [-0.25, -0.2) is 4.98 Å². The number of anilines is 1. The lowest BCUT2D eigenvalue weighted by Crippen LogP contribution is -2.24. The number of aliphatic carboxylic acids is 1. The topological polar surface area (TPSA) is 127 Å². The van der Waals surface area contributed by atoms with E-state index in [-0.39, 0.29) is 29.1 Å². The van der Waals surface area contributed by atoms with Crippen LogP contribution in [0.5, 0.6) is 0 Å². The molecule has 2 aromatic rings. The number of thiazole rings is 1. The summed E-state index contributed by atoms with van der Waals surface area (Å²) in [5.74, 6) is -1.51. The van der Waals surface area contributed by atoms with Gasteiger partial charge >= 0.3 is 5.97 Å². The third kappa shape index (κ3) is 7.21. The van der Waals surface area contributed by atoms with Crippen molar-refractivity contribution in [2.75, 3.05) is 25.1 Å². The van der Waals surface area contributed by atoms with Crippen LogP contribution in [-0.4, -0.2) is 57.0 Å². The van der Waals surface area contributed by atoms with E-state index >= 15 is 0 Å². The molecule has 1 aliphatic carbocycles. The SMILES string of the molecule is CCOCCCO/N=C(/C(=O)Nc1ncc(CC(=O)O)s1)c1ccc(S(=O)C2CC2)cc1. The van der Waals surface area contributed by atoms with Crippen LogP contribution in [0.3, 0.4) is 0 Å². The molecule has 1 aliphatic rings. The average molecular weight is 480 g/mol. The van der Waals surface area contributed by atoms with E-state index in [0.29, 0.717) is 35.0 Å². The van der Waals surface area contributed by atoms with E-state index in [2.05, 4.69) is 15.5 Å². The van der Waals surface area contributed by atoms with Gasteiger partial charge in [-0.05, 0) is 31.9 Å².